The molecular weight excluding hydrogens is 298 g/mol. The fraction of sp³-hybridized carbons (Fsp3) is 0.562. The lowest BCUT2D eigenvalue weighted by Crippen LogP contribution is -2.27. The van der Waals surface area contributed by atoms with Gasteiger partial charge in [-0.1, -0.05) is 0 Å². The molecule has 0 radical (unpaired) electrons. The lowest BCUT2D eigenvalue weighted by atomic mass is 10.1. The van der Waals surface area contributed by atoms with Crippen LogP contribution in [-0.4, -0.2) is 29.7 Å². The minimum atomic E-state index is -0.697. The summed E-state index contributed by atoms with van der Waals surface area (Å²) in [5.41, 5.74) is 1.11. The minimum Gasteiger partial charge on any atom is -0.444 e. The highest BCUT2D eigenvalue weighted by Crippen LogP contribution is 2.34. The molecule has 2 rings (SSSR count). The number of amides is 1. The summed E-state index contributed by atoms with van der Waals surface area (Å²) in [6, 6.07) is 3.17. The molecule has 1 heterocycles. The number of hydrogen-bond donors (Lipinski definition) is 1. The summed E-state index contributed by atoms with van der Waals surface area (Å²) in [7, 11) is 0. The van der Waals surface area contributed by atoms with Crippen molar-refractivity contribution >= 4 is 23.2 Å². The van der Waals surface area contributed by atoms with Crippen LogP contribution in [-0.2, 0) is 4.74 Å². The number of ether oxygens (including phenoxy) is 1. The van der Waals surface area contributed by atoms with Crippen LogP contribution in [0.25, 0.3) is 0 Å². The van der Waals surface area contributed by atoms with Crippen LogP contribution < -0.4 is 10.2 Å². The van der Waals surface area contributed by atoms with Gasteiger partial charge in [0.05, 0.1) is 4.92 Å². The second-order valence-corrected chi connectivity index (χ2v) is 6.73. The van der Waals surface area contributed by atoms with E-state index in [4.69, 9.17) is 4.74 Å². The Labute approximate surface area is 135 Å². The molecule has 0 unspecified atom stereocenters. The molecule has 1 N–H and O–H groups in total. The Kier molecular flexibility index (Phi) is 4.77. The molecule has 126 valence electrons. The van der Waals surface area contributed by atoms with Gasteiger partial charge >= 0.3 is 6.09 Å². The maximum absolute atomic E-state index is 12.0. The highest BCUT2D eigenvalue weighted by Gasteiger charge is 2.24. The molecule has 1 fully saturated rings. The molecular formula is C16H23N3O4. The molecule has 0 aromatic heterocycles. The lowest BCUT2D eigenvalue weighted by molar-refractivity contribution is -0.384. The van der Waals surface area contributed by atoms with E-state index in [2.05, 4.69) is 10.2 Å². The molecule has 1 saturated heterocycles. The van der Waals surface area contributed by atoms with Crippen molar-refractivity contribution in [3.05, 3.63) is 27.8 Å². The van der Waals surface area contributed by atoms with Gasteiger partial charge in [-0.25, -0.2) is 4.79 Å². The SMILES string of the molecule is Cc1cc([N+](=O)[O-])c(NC(=O)OC(C)(C)C)cc1N1CCCC1. The Morgan fingerprint density at radius 3 is 2.43 bits per heavy atom. The molecule has 1 aliphatic heterocycles. The number of aryl methyl sites for hydroxylation is 1. The number of hydrogen-bond acceptors (Lipinski definition) is 5. The fourth-order valence-electron chi connectivity index (χ4n) is 2.64. The summed E-state index contributed by atoms with van der Waals surface area (Å²) in [4.78, 5) is 24.9. The van der Waals surface area contributed by atoms with Crippen LogP contribution in [0.1, 0.15) is 39.2 Å². The number of benzene rings is 1. The second kappa shape index (κ2) is 6.44. The van der Waals surface area contributed by atoms with Gasteiger partial charge in [0.15, 0.2) is 0 Å². The van der Waals surface area contributed by atoms with E-state index in [0.717, 1.165) is 37.2 Å². The third kappa shape index (κ3) is 4.34. The van der Waals surface area contributed by atoms with E-state index in [9.17, 15) is 14.9 Å². The van der Waals surface area contributed by atoms with Gasteiger partial charge in [0.2, 0.25) is 0 Å². The molecule has 1 aliphatic rings. The predicted molar refractivity (Wildman–Crippen MR) is 89.1 cm³/mol. The van der Waals surface area contributed by atoms with Gasteiger partial charge < -0.3 is 9.64 Å². The molecule has 0 atom stereocenters. The van der Waals surface area contributed by atoms with Crippen molar-refractivity contribution in [2.24, 2.45) is 0 Å². The van der Waals surface area contributed by atoms with Crippen LogP contribution >= 0.6 is 0 Å². The van der Waals surface area contributed by atoms with Crippen LogP contribution in [0.4, 0.5) is 21.9 Å². The van der Waals surface area contributed by atoms with Crippen LogP contribution in [0, 0.1) is 17.0 Å². The van der Waals surface area contributed by atoms with Crippen molar-refractivity contribution in [2.45, 2.75) is 46.1 Å². The molecule has 0 spiro atoms. The number of nitrogens with zero attached hydrogens (tertiary/aromatic N) is 2. The molecule has 1 amide bonds. The standard InChI is InChI=1S/C16H23N3O4/c1-11-9-14(19(21)22)12(17-15(20)23-16(2,3)4)10-13(11)18-7-5-6-8-18/h9-10H,5-8H2,1-4H3,(H,17,20). The number of nitrogens with one attached hydrogen (secondary N) is 1. The first-order chi connectivity index (χ1) is 10.7. The monoisotopic (exact) mass is 321 g/mol. The fourth-order valence-corrected chi connectivity index (χ4v) is 2.64. The quantitative estimate of drug-likeness (QED) is 0.675. The van der Waals surface area contributed by atoms with Crippen LogP contribution in [0.5, 0.6) is 0 Å². The summed E-state index contributed by atoms with van der Waals surface area (Å²) in [5, 5.41) is 13.8. The summed E-state index contributed by atoms with van der Waals surface area (Å²) in [5.74, 6) is 0. The van der Waals surface area contributed by atoms with E-state index in [1.54, 1.807) is 26.8 Å². The molecule has 0 saturated carbocycles. The summed E-state index contributed by atoms with van der Waals surface area (Å²) < 4.78 is 5.19. The maximum Gasteiger partial charge on any atom is 0.412 e. The van der Waals surface area contributed by atoms with Crippen molar-refractivity contribution in [3.63, 3.8) is 0 Å². The summed E-state index contributed by atoms with van der Waals surface area (Å²) in [6.45, 7) is 8.91. The van der Waals surface area contributed by atoms with E-state index >= 15 is 0 Å². The first-order valence-corrected chi connectivity index (χ1v) is 7.71. The smallest absolute Gasteiger partial charge is 0.412 e. The topological polar surface area (TPSA) is 84.7 Å². The molecule has 0 aliphatic carbocycles. The van der Waals surface area contributed by atoms with Gasteiger partial charge in [-0.2, -0.15) is 0 Å². The largest absolute Gasteiger partial charge is 0.444 e. The molecule has 0 bridgehead atoms. The normalized spacial score (nSPS) is 14.7. The van der Waals surface area contributed by atoms with Crippen molar-refractivity contribution in [1.29, 1.82) is 0 Å². The average Bonchev–Trinajstić information content (AvgIpc) is 2.91. The van der Waals surface area contributed by atoms with Crippen molar-refractivity contribution in [1.82, 2.24) is 0 Å². The molecule has 1 aromatic rings. The molecule has 7 nitrogen and oxygen atoms in total. The minimum absolute atomic E-state index is 0.128. The molecule has 23 heavy (non-hydrogen) atoms. The summed E-state index contributed by atoms with van der Waals surface area (Å²) in [6.07, 6.45) is 1.51. The Morgan fingerprint density at radius 1 is 1.30 bits per heavy atom. The zero-order valence-corrected chi connectivity index (χ0v) is 14.0. The zero-order chi connectivity index (χ0) is 17.2. The van der Waals surface area contributed by atoms with Crippen LogP contribution in [0.3, 0.4) is 0 Å². The Hall–Kier alpha value is -2.31. The number of nitro benzene ring substituents is 1. The number of nitro groups is 1. The van der Waals surface area contributed by atoms with Gasteiger partial charge in [0.25, 0.3) is 5.69 Å². The first-order valence-electron chi connectivity index (χ1n) is 7.71. The third-order valence-electron chi connectivity index (χ3n) is 3.59. The Morgan fingerprint density at radius 2 is 1.91 bits per heavy atom. The van der Waals surface area contributed by atoms with E-state index < -0.39 is 16.6 Å². The average molecular weight is 321 g/mol. The Balaban J connectivity index is 2.33. The summed E-state index contributed by atoms with van der Waals surface area (Å²) >= 11 is 0. The third-order valence-corrected chi connectivity index (χ3v) is 3.59. The predicted octanol–water partition coefficient (Wildman–Crippen LogP) is 3.85. The van der Waals surface area contributed by atoms with Gasteiger partial charge in [0, 0.05) is 24.8 Å². The molecule has 7 heteroatoms. The maximum atomic E-state index is 12.0. The number of carbonyl (C=O) groups is 1. The number of anilines is 2. The lowest BCUT2D eigenvalue weighted by Gasteiger charge is -2.22. The Bertz CT molecular complexity index is 616. The van der Waals surface area contributed by atoms with Crippen molar-refractivity contribution < 1.29 is 14.5 Å². The highest BCUT2D eigenvalue weighted by atomic mass is 16.6. The van der Waals surface area contributed by atoms with Crippen LogP contribution in [0.15, 0.2) is 12.1 Å². The van der Waals surface area contributed by atoms with E-state index in [-0.39, 0.29) is 11.4 Å². The highest BCUT2D eigenvalue weighted by molar-refractivity contribution is 5.89. The molecule has 1 aromatic carbocycles. The second-order valence-electron chi connectivity index (χ2n) is 6.73. The van der Waals surface area contributed by atoms with E-state index in [0.29, 0.717) is 0 Å². The van der Waals surface area contributed by atoms with Gasteiger partial charge in [-0.3, -0.25) is 15.4 Å². The first kappa shape index (κ1) is 17.1. The van der Waals surface area contributed by atoms with E-state index in [1.807, 2.05) is 6.92 Å². The van der Waals surface area contributed by atoms with Crippen LogP contribution in [0.2, 0.25) is 0 Å². The van der Waals surface area contributed by atoms with Gasteiger partial charge in [0.1, 0.15) is 11.3 Å². The van der Waals surface area contributed by atoms with Crippen molar-refractivity contribution in [3.8, 4) is 0 Å². The van der Waals surface area contributed by atoms with E-state index in [1.165, 1.54) is 6.07 Å². The zero-order valence-electron chi connectivity index (χ0n) is 14.0. The van der Waals surface area contributed by atoms with Gasteiger partial charge in [-0.05, 0) is 52.2 Å². The van der Waals surface area contributed by atoms with Gasteiger partial charge in [-0.15, -0.1) is 0 Å². The number of carbonyl (C=O) groups excluding carboxylic acids is 1. The van der Waals surface area contributed by atoms with Crippen molar-refractivity contribution in [2.75, 3.05) is 23.3 Å². The number of rotatable bonds is 3.